The Morgan fingerprint density at radius 3 is 2.29 bits per heavy atom. The zero-order chi connectivity index (χ0) is 17.1. The van der Waals surface area contributed by atoms with E-state index in [4.69, 9.17) is 20.8 Å². The van der Waals surface area contributed by atoms with Gasteiger partial charge in [-0.1, -0.05) is 11.6 Å². The lowest BCUT2D eigenvalue weighted by molar-refractivity contribution is 0.0518. The van der Waals surface area contributed by atoms with Gasteiger partial charge in [0.25, 0.3) is 11.8 Å². The summed E-state index contributed by atoms with van der Waals surface area (Å²) >= 11 is 6.08. The largest absolute Gasteiger partial charge is 0.495 e. The van der Waals surface area contributed by atoms with E-state index in [1.54, 1.807) is 40.1 Å². The molecule has 0 bridgehead atoms. The molecule has 0 radical (unpaired) electrons. The normalized spacial score (nSPS) is 14.6. The fourth-order valence-corrected chi connectivity index (χ4v) is 2.91. The molecule has 24 heavy (non-hydrogen) atoms. The van der Waals surface area contributed by atoms with Crippen LogP contribution in [0.3, 0.4) is 0 Å². The molecule has 6 nitrogen and oxygen atoms in total. The molecular formula is C17H17ClN2O4. The van der Waals surface area contributed by atoms with Crippen molar-refractivity contribution >= 4 is 23.4 Å². The molecule has 1 aliphatic rings. The number of carbonyl (C=O) groups is 2. The van der Waals surface area contributed by atoms with Crippen molar-refractivity contribution in [1.29, 1.82) is 0 Å². The Bertz CT molecular complexity index is 737. The number of halogens is 1. The number of hydrogen-bond donors (Lipinski definition) is 0. The zero-order valence-corrected chi connectivity index (χ0v) is 14.0. The first-order chi connectivity index (χ1) is 11.6. The summed E-state index contributed by atoms with van der Waals surface area (Å²) in [7, 11) is 1.53. The fourth-order valence-electron chi connectivity index (χ4n) is 2.65. The average Bonchev–Trinajstić information content (AvgIpc) is 3.15. The van der Waals surface area contributed by atoms with E-state index in [0.717, 1.165) is 0 Å². The summed E-state index contributed by atoms with van der Waals surface area (Å²) in [6, 6.07) is 8.28. The summed E-state index contributed by atoms with van der Waals surface area (Å²) < 4.78 is 10.2. The number of furan rings is 1. The van der Waals surface area contributed by atoms with Crippen molar-refractivity contribution in [2.45, 2.75) is 0 Å². The first-order valence-corrected chi connectivity index (χ1v) is 7.93. The van der Waals surface area contributed by atoms with E-state index in [1.165, 1.54) is 13.4 Å². The number of piperazine rings is 1. The van der Waals surface area contributed by atoms with Crippen LogP contribution < -0.4 is 4.74 Å². The summed E-state index contributed by atoms with van der Waals surface area (Å²) in [5.41, 5.74) is 0.506. The van der Waals surface area contributed by atoms with Gasteiger partial charge in [0.05, 0.1) is 18.4 Å². The van der Waals surface area contributed by atoms with Crippen molar-refractivity contribution in [3.63, 3.8) is 0 Å². The summed E-state index contributed by atoms with van der Waals surface area (Å²) in [6.07, 6.45) is 1.47. The van der Waals surface area contributed by atoms with Gasteiger partial charge in [-0.15, -0.1) is 0 Å². The van der Waals surface area contributed by atoms with E-state index in [0.29, 0.717) is 48.3 Å². The quantitative estimate of drug-likeness (QED) is 0.855. The second-order valence-electron chi connectivity index (χ2n) is 5.41. The first kappa shape index (κ1) is 16.4. The number of rotatable bonds is 3. The molecule has 1 aromatic heterocycles. The van der Waals surface area contributed by atoms with Crippen LogP contribution in [0.15, 0.2) is 41.0 Å². The van der Waals surface area contributed by atoms with Crippen molar-refractivity contribution in [2.24, 2.45) is 0 Å². The van der Waals surface area contributed by atoms with Crippen LogP contribution in [0.5, 0.6) is 5.75 Å². The highest BCUT2D eigenvalue weighted by atomic mass is 35.5. The number of nitrogens with zero attached hydrogens (tertiary/aromatic N) is 2. The van der Waals surface area contributed by atoms with Crippen LogP contribution in [0.25, 0.3) is 0 Å². The molecule has 1 fully saturated rings. The Morgan fingerprint density at radius 1 is 1.08 bits per heavy atom. The minimum atomic E-state index is -0.153. The minimum absolute atomic E-state index is 0.107. The lowest BCUT2D eigenvalue weighted by atomic mass is 10.1. The maximum atomic E-state index is 12.6. The number of amides is 2. The highest BCUT2D eigenvalue weighted by Crippen LogP contribution is 2.25. The predicted octanol–water partition coefficient (Wildman–Crippen LogP) is 2.54. The maximum absolute atomic E-state index is 12.6. The zero-order valence-electron chi connectivity index (χ0n) is 13.2. The maximum Gasteiger partial charge on any atom is 0.289 e. The van der Waals surface area contributed by atoms with Crippen LogP contribution in [0.1, 0.15) is 20.9 Å². The number of methoxy groups -OCH3 is 1. The van der Waals surface area contributed by atoms with Gasteiger partial charge >= 0.3 is 0 Å². The first-order valence-electron chi connectivity index (χ1n) is 7.55. The Morgan fingerprint density at radius 2 is 1.75 bits per heavy atom. The molecule has 0 spiro atoms. The van der Waals surface area contributed by atoms with Gasteiger partial charge in [0.1, 0.15) is 5.75 Å². The molecule has 7 heteroatoms. The molecule has 1 aliphatic heterocycles. The van der Waals surface area contributed by atoms with Gasteiger partial charge in [-0.2, -0.15) is 0 Å². The Kier molecular flexibility index (Phi) is 4.76. The summed E-state index contributed by atoms with van der Waals surface area (Å²) in [6.45, 7) is 1.87. The van der Waals surface area contributed by atoms with Gasteiger partial charge < -0.3 is 19.0 Å². The van der Waals surface area contributed by atoms with Gasteiger partial charge in [-0.25, -0.2) is 0 Å². The third-order valence-corrected chi connectivity index (χ3v) is 4.28. The summed E-state index contributed by atoms with van der Waals surface area (Å²) in [5, 5.41) is 0.398. The van der Waals surface area contributed by atoms with E-state index < -0.39 is 0 Å². The van der Waals surface area contributed by atoms with Crippen LogP contribution in [-0.4, -0.2) is 54.9 Å². The Labute approximate surface area is 144 Å². The standard InChI is InChI=1S/C17H17ClN2O4/c1-23-14-5-4-12(11-13(14)18)16(21)19-6-8-20(9-7-19)17(22)15-3-2-10-24-15/h2-5,10-11H,6-9H2,1H3. The topological polar surface area (TPSA) is 63.0 Å². The van der Waals surface area contributed by atoms with Gasteiger partial charge in [-0.05, 0) is 30.3 Å². The third kappa shape index (κ3) is 3.23. The van der Waals surface area contributed by atoms with Crippen molar-refractivity contribution in [3.8, 4) is 5.75 Å². The summed E-state index contributed by atoms with van der Waals surface area (Å²) in [5.74, 6) is 0.586. The van der Waals surface area contributed by atoms with Crippen molar-refractivity contribution in [2.75, 3.05) is 33.3 Å². The van der Waals surface area contributed by atoms with Gasteiger partial charge in [-0.3, -0.25) is 9.59 Å². The van der Waals surface area contributed by atoms with E-state index >= 15 is 0 Å². The molecule has 0 N–H and O–H groups in total. The van der Waals surface area contributed by atoms with Crippen molar-refractivity contribution in [1.82, 2.24) is 9.80 Å². The molecule has 2 heterocycles. The van der Waals surface area contributed by atoms with E-state index in [2.05, 4.69) is 0 Å². The Hall–Kier alpha value is -2.47. The average molecular weight is 349 g/mol. The smallest absolute Gasteiger partial charge is 0.289 e. The second-order valence-corrected chi connectivity index (χ2v) is 5.82. The number of ether oxygens (including phenoxy) is 1. The predicted molar refractivity (Wildman–Crippen MR) is 88.5 cm³/mol. The van der Waals surface area contributed by atoms with Crippen molar-refractivity contribution in [3.05, 3.63) is 52.9 Å². The van der Waals surface area contributed by atoms with E-state index in [-0.39, 0.29) is 11.8 Å². The second kappa shape index (κ2) is 6.97. The van der Waals surface area contributed by atoms with Crippen LogP contribution in [0.2, 0.25) is 5.02 Å². The highest BCUT2D eigenvalue weighted by Gasteiger charge is 2.26. The van der Waals surface area contributed by atoms with E-state index in [9.17, 15) is 9.59 Å². The van der Waals surface area contributed by atoms with Crippen LogP contribution in [0, 0.1) is 0 Å². The SMILES string of the molecule is COc1ccc(C(=O)N2CCN(C(=O)c3ccco3)CC2)cc1Cl. The Balaban J connectivity index is 1.63. The molecule has 1 saturated heterocycles. The van der Waals surface area contributed by atoms with Crippen molar-refractivity contribution < 1.29 is 18.7 Å². The van der Waals surface area contributed by atoms with Gasteiger partial charge in [0.2, 0.25) is 0 Å². The minimum Gasteiger partial charge on any atom is -0.495 e. The molecule has 0 atom stereocenters. The van der Waals surface area contributed by atoms with E-state index in [1.807, 2.05) is 0 Å². The molecule has 126 valence electrons. The molecular weight excluding hydrogens is 332 g/mol. The fraction of sp³-hybridized carbons (Fsp3) is 0.294. The summed E-state index contributed by atoms with van der Waals surface area (Å²) in [4.78, 5) is 28.2. The molecule has 2 aromatic rings. The number of benzene rings is 1. The van der Waals surface area contributed by atoms with Gasteiger partial charge in [0, 0.05) is 31.7 Å². The molecule has 0 saturated carbocycles. The lowest BCUT2D eigenvalue weighted by Gasteiger charge is -2.34. The number of hydrogen-bond acceptors (Lipinski definition) is 4. The van der Waals surface area contributed by atoms with Gasteiger partial charge in [0.15, 0.2) is 5.76 Å². The van der Waals surface area contributed by atoms with Crippen LogP contribution >= 0.6 is 11.6 Å². The van der Waals surface area contributed by atoms with Crippen LogP contribution in [-0.2, 0) is 0 Å². The molecule has 1 aromatic carbocycles. The molecule has 2 amide bonds. The number of carbonyl (C=O) groups excluding carboxylic acids is 2. The molecule has 0 unspecified atom stereocenters. The molecule has 0 aliphatic carbocycles. The molecule has 3 rings (SSSR count). The van der Waals surface area contributed by atoms with Crippen LogP contribution in [0.4, 0.5) is 0 Å². The highest BCUT2D eigenvalue weighted by molar-refractivity contribution is 6.32. The lowest BCUT2D eigenvalue weighted by Crippen LogP contribution is -2.50. The third-order valence-electron chi connectivity index (χ3n) is 3.98. The monoisotopic (exact) mass is 348 g/mol.